The zero-order valence-corrected chi connectivity index (χ0v) is 12.4. The van der Waals surface area contributed by atoms with E-state index in [9.17, 15) is 9.90 Å². The molecule has 0 radical (unpaired) electrons. The van der Waals surface area contributed by atoms with Crippen LogP contribution in [0.15, 0.2) is 12.1 Å². The van der Waals surface area contributed by atoms with Crippen LogP contribution in [0.4, 0.5) is 0 Å². The third-order valence-electron chi connectivity index (χ3n) is 4.37. The van der Waals surface area contributed by atoms with Gasteiger partial charge in [0.25, 0.3) is 0 Å². The average Bonchev–Trinajstić information content (AvgIpc) is 2.96. The molecule has 1 N–H and O–H groups in total. The van der Waals surface area contributed by atoms with Gasteiger partial charge in [0, 0.05) is 6.07 Å². The monoisotopic (exact) mass is 278 g/mol. The van der Waals surface area contributed by atoms with Gasteiger partial charge in [0.05, 0.1) is 19.6 Å². The number of methoxy groups -OCH3 is 2. The van der Waals surface area contributed by atoms with Gasteiger partial charge in [0.1, 0.15) is 11.5 Å². The quantitative estimate of drug-likeness (QED) is 0.899. The normalized spacial score (nSPS) is 16.9. The predicted molar refractivity (Wildman–Crippen MR) is 76.7 cm³/mol. The highest BCUT2D eigenvalue weighted by Gasteiger charge is 2.44. The first-order valence-corrected chi connectivity index (χ1v) is 7.07. The first kappa shape index (κ1) is 14.7. The van der Waals surface area contributed by atoms with Crippen LogP contribution in [-0.4, -0.2) is 25.3 Å². The van der Waals surface area contributed by atoms with Crippen molar-refractivity contribution < 1.29 is 19.4 Å². The molecule has 1 aliphatic carbocycles. The molecule has 1 aliphatic rings. The van der Waals surface area contributed by atoms with Crippen LogP contribution >= 0.6 is 0 Å². The van der Waals surface area contributed by atoms with Crippen molar-refractivity contribution in [3.8, 4) is 11.5 Å². The molecule has 1 aromatic rings. The zero-order valence-electron chi connectivity index (χ0n) is 12.4. The smallest absolute Gasteiger partial charge is 0.314 e. The van der Waals surface area contributed by atoms with Gasteiger partial charge >= 0.3 is 5.97 Å². The Morgan fingerprint density at radius 2 is 1.90 bits per heavy atom. The van der Waals surface area contributed by atoms with Gasteiger partial charge in [-0.25, -0.2) is 0 Å². The van der Waals surface area contributed by atoms with Crippen molar-refractivity contribution in [2.24, 2.45) is 0 Å². The molecule has 110 valence electrons. The number of rotatable bonds is 5. The second kappa shape index (κ2) is 5.73. The molecule has 0 atom stereocenters. The van der Waals surface area contributed by atoms with Crippen LogP contribution in [0.5, 0.6) is 11.5 Å². The van der Waals surface area contributed by atoms with Gasteiger partial charge in [-0.1, -0.05) is 19.8 Å². The van der Waals surface area contributed by atoms with Crippen molar-refractivity contribution in [3.05, 3.63) is 23.3 Å². The summed E-state index contributed by atoms with van der Waals surface area (Å²) in [5.74, 6) is 0.635. The van der Waals surface area contributed by atoms with Gasteiger partial charge in [-0.05, 0) is 36.5 Å². The number of carbonyl (C=O) groups is 1. The maximum absolute atomic E-state index is 11.9. The predicted octanol–water partition coefficient (Wildman–Crippen LogP) is 3.16. The summed E-state index contributed by atoms with van der Waals surface area (Å²) in [5.41, 5.74) is 1.06. The second-order valence-corrected chi connectivity index (χ2v) is 5.30. The Balaban J connectivity index is 2.67. The number of ether oxygens (including phenoxy) is 2. The fourth-order valence-electron chi connectivity index (χ4n) is 3.29. The van der Waals surface area contributed by atoms with Gasteiger partial charge in [0.15, 0.2) is 0 Å². The second-order valence-electron chi connectivity index (χ2n) is 5.30. The highest BCUT2D eigenvalue weighted by atomic mass is 16.5. The number of carboxylic acids is 1. The Morgan fingerprint density at radius 1 is 1.25 bits per heavy atom. The Labute approximate surface area is 119 Å². The summed E-state index contributed by atoms with van der Waals surface area (Å²) in [6.45, 7) is 2.03. The maximum Gasteiger partial charge on any atom is 0.314 e. The Kier molecular flexibility index (Phi) is 4.21. The molecular formula is C16H22O4. The fourth-order valence-corrected chi connectivity index (χ4v) is 3.29. The van der Waals surface area contributed by atoms with Crippen molar-refractivity contribution in [2.75, 3.05) is 14.2 Å². The lowest BCUT2D eigenvalue weighted by molar-refractivity contribution is -0.143. The highest BCUT2D eigenvalue weighted by Crippen LogP contribution is 2.46. The van der Waals surface area contributed by atoms with Crippen molar-refractivity contribution in [1.82, 2.24) is 0 Å². The van der Waals surface area contributed by atoms with E-state index in [0.29, 0.717) is 18.6 Å². The third kappa shape index (κ3) is 2.23. The Morgan fingerprint density at radius 3 is 2.35 bits per heavy atom. The van der Waals surface area contributed by atoms with E-state index in [0.717, 1.165) is 36.1 Å². The van der Waals surface area contributed by atoms with E-state index in [-0.39, 0.29) is 0 Å². The molecule has 0 amide bonds. The molecule has 2 rings (SSSR count). The van der Waals surface area contributed by atoms with Crippen LogP contribution in [0.25, 0.3) is 0 Å². The molecule has 20 heavy (non-hydrogen) atoms. The number of hydrogen-bond acceptors (Lipinski definition) is 3. The van der Waals surface area contributed by atoms with Crippen LogP contribution in [0.1, 0.15) is 43.7 Å². The van der Waals surface area contributed by atoms with Crippen molar-refractivity contribution in [1.29, 1.82) is 0 Å². The third-order valence-corrected chi connectivity index (χ3v) is 4.37. The van der Waals surface area contributed by atoms with Gasteiger partial charge in [-0.15, -0.1) is 0 Å². The molecule has 0 unspecified atom stereocenters. The van der Waals surface area contributed by atoms with E-state index in [4.69, 9.17) is 9.47 Å². The van der Waals surface area contributed by atoms with E-state index in [1.54, 1.807) is 14.2 Å². The highest BCUT2D eigenvalue weighted by molar-refractivity contribution is 5.83. The Bertz CT molecular complexity index is 501. The topological polar surface area (TPSA) is 55.8 Å². The lowest BCUT2D eigenvalue weighted by Crippen LogP contribution is -2.33. The molecule has 0 aliphatic heterocycles. The summed E-state index contributed by atoms with van der Waals surface area (Å²) in [6.07, 6.45) is 4.03. The standard InChI is InChI=1S/C16H22O4/c1-4-12-13(9-11(19-2)10-14(12)20-3)16(15(17)18)7-5-6-8-16/h9-10H,4-8H2,1-3H3,(H,17,18). The van der Waals surface area contributed by atoms with E-state index < -0.39 is 11.4 Å². The molecule has 0 saturated heterocycles. The average molecular weight is 278 g/mol. The molecule has 1 fully saturated rings. The van der Waals surface area contributed by atoms with Crippen LogP contribution in [-0.2, 0) is 16.6 Å². The van der Waals surface area contributed by atoms with E-state index in [2.05, 4.69) is 0 Å². The molecule has 4 nitrogen and oxygen atoms in total. The summed E-state index contributed by atoms with van der Waals surface area (Å²) in [5, 5.41) is 9.78. The molecule has 0 aromatic heterocycles. The van der Waals surface area contributed by atoms with Crippen LogP contribution in [0, 0.1) is 0 Å². The molecule has 4 heteroatoms. The van der Waals surface area contributed by atoms with E-state index >= 15 is 0 Å². The molecule has 1 aromatic carbocycles. The van der Waals surface area contributed by atoms with Gasteiger partial charge in [-0.3, -0.25) is 4.79 Å². The Hall–Kier alpha value is -1.71. The van der Waals surface area contributed by atoms with Gasteiger partial charge < -0.3 is 14.6 Å². The summed E-state index contributed by atoms with van der Waals surface area (Å²) in [4.78, 5) is 11.9. The SMILES string of the molecule is CCc1c(OC)cc(OC)cc1C1(C(=O)O)CCCC1. The first-order valence-electron chi connectivity index (χ1n) is 7.07. The summed E-state index contributed by atoms with van der Waals surface area (Å²) >= 11 is 0. The zero-order chi connectivity index (χ0) is 14.8. The minimum Gasteiger partial charge on any atom is -0.497 e. The van der Waals surface area contributed by atoms with E-state index in [1.807, 2.05) is 19.1 Å². The number of benzene rings is 1. The maximum atomic E-state index is 11.9. The van der Waals surface area contributed by atoms with Crippen LogP contribution in [0.3, 0.4) is 0 Å². The molecular weight excluding hydrogens is 256 g/mol. The van der Waals surface area contributed by atoms with Crippen LogP contribution < -0.4 is 9.47 Å². The van der Waals surface area contributed by atoms with Crippen molar-refractivity contribution in [2.45, 2.75) is 44.4 Å². The minimum atomic E-state index is -0.785. The molecule has 0 heterocycles. The lowest BCUT2D eigenvalue weighted by atomic mass is 9.76. The van der Waals surface area contributed by atoms with Gasteiger partial charge in [0.2, 0.25) is 0 Å². The fraction of sp³-hybridized carbons (Fsp3) is 0.562. The summed E-state index contributed by atoms with van der Waals surface area (Å²) in [6, 6.07) is 3.70. The molecule has 0 spiro atoms. The largest absolute Gasteiger partial charge is 0.497 e. The van der Waals surface area contributed by atoms with Crippen LogP contribution in [0.2, 0.25) is 0 Å². The number of carboxylic acid groups (broad SMARTS) is 1. The van der Waals surface area contributed by atoms with Crippen molar-refractivity contribution >= 4 is 5.97 Å². The van der Waals surface area contributed by atoms with Crippen molar-refractivity contribution in [3.63, 3.8) is 0 Å². The minimum absolute atomic E-state index is 0.654. The number of hydrogen-bond donors (Lipinski definition) is 1. The van der Waals surface area contributed by atoms with E-state index in [1.165, 1.54) is 0 Å². The summed E-state index contributed by atoms with van der Waals surface area (Å²) < 4.78 is 10.7. The summed E-state index contributed by atoms with van der Waals surface area (Å²) in [7, 11) is 3.20. The first-order chi connectivity index (χ1) is 9.58. The molecule has 0 bridgehead atoms. The van der Waals surface area contributed by atoms with Gasteiger partial charge in [-0.2, -0.15) is 0 Å². The number of aliphatic carboxylic acids is 1. The molecule has 1 saturated carbocycles. The lowest BCUT2D eigenvalue weighted by Gasteiger charge is -2.28.